The summed E-state index contributed by atoms with van der Waals surface area (Å²) in [6.45, 7) is 0. The minimum Gasteiger partial charge on any atom is -0.351 e. The molecule has 3 N–H and O–H groups in total. The molecule has 1 fully saturated rings. The van der Waals surface area contributed by atoms with Crippen molar-refractivity contribution in [1.82, 2.24) is 14.5 Å². The fraction of sp³-hybridized carbons (Fsp3) is 0.350. The number of aryl methyl sites for hydroxylation is 1. The average molecular weight is 418 g/mol. The quantitative estimate of drug-likeness (QED) is 0.672. The van der Waals surface area contributed by atoms with E-state index < -0.39 is 0 Å². The van der Waals surface area contributed by atoms with Crippen molar-refractivity contribution in [3.05, 3.63) is 50.9 Å². The molecule has 0 unspecified atom stereocenters. The third-order valence-electron chi connectivity index (χ3n) is 5.29. The van der Waals surface area contributed by atoms with Gasteiger partial charge in [-0.15, -0.1) is 0 Å². The molecule has 4 rings (SSSR count). The van der Waals surface area contributed by atoms with Crippen LogP contribution in [0.5, 0.6) is 0 Å². The number of rotatable bonds is 3. The molecule has 1 aliphatic rings. The highest BCUT2D eigenvalue weighted by atomic mass is 35.5. The number of halogens is 2. The van der Waals surface area contributed by atoms with Gasteiger partial charge in [-0.1, -0.05) is 29.3 Å². The number of aromatic nitrogens is 3. The lowest BCUT2D eigenvalue weighted by Gasteiger charge is -2.26. The summed E-state index contributed by atoms with van der Waals surface area (Å²) in [5, 5.41) is 4.97. The second kappa shape index (κ2) is 7.70. The van der Waals surface area contributed by atoms with Crippen LogP contribution in [-0.4, -0.2) is 26.6 Å². The largest absolute Gasteiger partial charge is 0.351 e. The summed E-state index contributed by atoms with van der Waals surface area (Å²) < 4.78 is 1.51. The van der Waals surface area contributed by atoms with E-state index in [0.717, 1.165) is 31.1 Å². The van der Waals surface area contributed by atoms with Crippen molar-refractivity contribution in [2.75, 3.05) is 5.32 Å². The summed E-state index contributed by atoms with van der Waals surface area (Å²) >= 11 is 12.6. The molecule has 0 amide bonds. The van der Waals surface area contributed by atoms with Crippen LogP contribution in [0.25, 0.3) is 22.2 Å². The molecule has 2 aromatic heterocycles. The molecular formula is C20H21Cl2N5O. The van der Waals surface area contributed by atoms with E-state index in [9.17, 15) is 4.79 Å². The number of hydrogen-bond donors (Lipinski definition) is 2. The molecule has 0 bridgehead atoms. The van der Waals surface area contributed by atoms with E-state index in [1.165, 1.54) is 4.57 Å². The van der Waals surface area contributed by atoms with Gasteiger partial charge in [0.15, 0.2) is 0 Å². The maximum atomic E-state index is 13.0. The van der Waals surface area contributed by atoms with Gasteiger partial charge in [-0.05, 0) is 43.9 Å². The van der Waals surface area contributed by atoms with E-state index in [4.69, 9.17) is 28.9 Å². The first-order valence-electron chi connectivity index (χ1n) is 9.27. The molecule has 1 aliphatic carbocycles. The minimum atomic E-state index is -0.212. The molecule has 28 heavy (non-hydrogen) atoms. The molecule has 6 nitrogen and oxygen atoms in total. The predicted molar refractivity (Wildman–Crippen MR) is 114 cm³/mol. The normalized spacial score (nSPS) is 19.7. The lowest BCUT2D eigenvalue weighted by molar-refractivity contribution is 0.410. The molecule has 1 saturated carbocycles. The first kappa shape index (κ1) is 19.2. The molecule has 0 aliphatic heterocycles. The third kappa shape index (κ3) is 3.60. The predicted octanol–water partition coefficient (Wildman–Crippen LogP) is 3.98. The van der Waals surface area contributed by atoms with Gasteiger partial charge in [0.25, 0.3) is 5.56 Å². The van der Waals surface area contributed by atoms with Crippen LogP contribution in [0, 0.1) is 0 Å². The summed E-state index contributed by atoms with van der Waals surface area (Å²) in [6, 6.07) is 7.51. The zero-order valence-corrected chi connectivity index (χ0v) is 17.0. The van der Waals surface area contributed by atoms with Crippen LogP contribution < -0.4 is 16.6 Å². The van der Waals surface area contributed by atoms with Crippen LogP contribution >= 0.6 is 23.2 Å². The topological polar surface area (TPSA) is 85.8 Å². The Morgan fingerprint density at radius 2 is 1.86 bits per heavy atom. The lowest BCUT2D eigenvalue weighted by Crippen LogP contribution is -2.33. The fourth-order valence-corrected chi connectivity index (χ4v) is 4.30. The van der Waals surface area contributed by atoms with Gasteiger partial charge in [0.05, 0.1) is 15.6 Å². The SMILES string of the molecule is Cn1c(=O)c(-c2c(Cl)cccc2Cl)cc2cnc(NC3CCC(N)CC3)nc21. The first-order chi connectivity index (χ1) is 13.4. The number of fused-ring (bicyclic) bond motifs is 1. The Balaban J connectivity index is 1.74. The highest BCUT2D eigenvalue weighted by Crippen LogP contribution is 2.33. The van der Waals surface area contributed by atoms with Crippen molar-refractivity contribution in [3.63, 3.8) is 0 Å². The zero-order valence-electron chi connectivity index (χ0n) is 15.5. The minimum absolute atomic E-state index is 0.212. The molecule has 146 valence electrons. The Morgan fingerprint density at radius 1 is 1.18 bits per heavy atom. The maximum Gasteiger partial charge on any atom is 0.259 e. The van der Waals surface area contributed by atoms with Gasteiger partial charge in [0.1, 0.15) is 5.65 Å². The van der Waals surface area contributed by atoms with Crippen molar-refractivity contribution in [2.45, 2.75) is 37.8 Å². The van der Waals surface area contributed by atoms with Crippen LogP contribution in [0.4, 0.5) is 5.95 Å². The Morgan fingerprint density at radius 3 is 2.54 bits per heavy atom. The first-order valence-corrected chi connectivity index (χ1v) is 10.0. The molecule has 3 aromatic rings. The van der Waals surface area contributed by atoms with Gasteiger partial charge in [-0.25, -0.2) is 4.98 Å². The third-order valence-corrected chi connectivity index (χ3v) is 5.92. The van der Waals surface area contributed by atoms with Crippen LogP contribution in [0.2, 0.25) is 10.0 Å². The molecule has 8 heteroatoms. The highest BCUT2D eigenvalue weighted by molar-refractivity contribution is 6.39. The van der Waals surface area contributed by atoms with Crippen molar-refractivity contribution in [3.8, 4) is 11.1 Å². The number of nitrogens with zero attached hydrogens (tertiary/aromatic N) is 3. The second-order valence-electron chi connectivity index (χ2n) is 7.25. The summed E-state index contributed by atoms with van der Waals surface area (Å²) in [7, 11) is 1.69. The number of nitrogens with two attached hydrogens (primary N) is 1. The van der Waals surface area contributed by atoms with Crippen molar-refractivity contribution in [1.29, 1.82) is 0 Å². The van der Waals surface area contributed by atoms with Gasteiger partial charge in [-0.3, -0.25) is 9.36 Å². The van der Waals surface area contributed by atoms with E-state index in [2.05, 4.69) is 15.3 Å². The van der Waals surface area contributed by atoms with E-state index >= 15 is 0 Å². The molecule has 0 radical (unpaired) electrons. The summed E-state index contributed by atoms with van der Waals surface area (Å²) in [5.41, 5.74) is 7.26. The maximum absolute atomic E-state index is 13.0. The van der Waals surface area contributed by atoms with Crippen LogP contribution in [0.15, 0.2) is 35.3 Å². The molecule has 2 heterocycles. The second-order valence-corrected chi connectivity index (χ2v) is 8.06. The Labute approximate surface area is 172 Å². The molecule has 0 spiro atoms. The monoisotopic (exact) mass is 417 g/mol. The Hall–Kier alpha value is -2.15. The van der Waals surface area contributed by atoms with E-state index in [1.54, 1.807) is 37.5 Å². The van der Waals surface area contributed by atoms with Gasteiger partial charge in [0, 0.05) is 36.3 Å². The zero-order chi connectivity index (χ0) is 19.8. The molecule has 1 aromatic carbocycles. The van der Waals surface area contributed by atoms with E-state index in [0.29, 0.717) is 38.8 Å². The summed E-state index contributed by atoms with van der Waals surface area (Å²) in [6.07, 6.45) is 5.68. The van der Waals surface area contributed by atoms with E-state index in [1.807, 2.05) is 0 Å². The van der Waals surface area contributed by atoms with Crippen LogP contribution in [-0.2, 0) is 7.05 Å². The van der Waals surface area contributed by atoms with Crippen molar-refractivity contribution in [2.24, 2.45) is 12.8 Å². The standard InChI is InChI=1S/C20H21Cl2N5O/c1-27-18-11(9-14(19(27)28)17-15(21)3-2-4-16(17)22)10-24-20(26-18)25-13-7-5-12(23)6-8-13/h2-4,9-10,12-13H,5-8,23H2,1H3,(H,24,25,26). The lowest BCUT2D eigenvalue weighted by atomic mass is 9.92. The van der Waals surface area contributed by atoms with Crippen LogP contribution in [0.3, 0.4) is 0 Å². The summed E-state index contributed by atoms with van der Waals surface area (Å²) in [4.78, 5) is 22.0. The number of hydrogen-bond acceptors (Lipinski definition) is 5. The Bertz CT molecular complexity index is 1070. The summed E-state index contributed by atoms with van der Waals surface area (Å²) in [5.74, 6) is 0.520. The fourth-order valence-electron chi connectivity index (χ4n) is 3.70. The van der Waals surface area contributed by atoms with Gasteiger partial charge in [0.2, 0.25) is 5.95 Å². The molecule has 0 saturated heterocycles. The molecule has 0 atom stereocenters. The van der Waals surface area contributed by atoms with Crippen molar-refractivity contribution < 1.29 is 0 Å². The number of pyridine rings is 1. The number of benzene rings is 1. The van der Waals surface area contributed by atoms with Crippen LogP contribution in [0.1, 0.15) is 25.7 Å². The molecular weight excluding hydrogens is 397 g/mol. The van der Waals surface area contributed by atoms with E-state index in [-0.39, 0.29) is 11.6 Å². The average Bonchev–Trinajstić information content (AvgIpc) is 2.68. The van der Waals surface area contributed by atoms with Crippen molar-refractivity contribution >= 4 is 40.2 Å². The smallest absolute Gasteiger partial charge is 0.259 e. The highest BCUT2D eigenvalue weighted by Gasteiger charge is 2.20. The van der Waals surface area contributed by atoms with Gasteiger partial charge in [-0.2, -0.15) is 4.98 Å². The van der Waals surface area contributed by atoms with Gasteiger partial charge < -0.3 is 11.1 Å². The van der Waals surface area contributed by atoms with Gasteiger partial charge >= 0.3 is 0 Å². The number of nitrogens with one attached hydrogen (secondary N) is 1. The number of anilines is 1. The Kier molecular flexibility index (Phi) is 5.27.